The molecule has 0 spiro atoms. The first-order chi connectivity index (χ1) is 10.8. The third-order valence-corrected chi connectivity index (χ3v) is 5.55. The lowest BCUT2D eigenvalue weighted by Gasteiger charge is -2.28. The van der Waals surface area contributed by atoms with Gasteiger partial charge in [0.1, 0.15) is 5.82 Å². The molecule has 0 aliphatic carbocycles. The number of halogens is 2. The molecule has 2 aliphatic rings. The highest BCUT2D eigenvalue weighted by molar-refractivity contribution is 7.90. The van der Waals surface area contributed by atoms with E-state index >= 15 is 0 Å². The van der Waals surface area contributed by atoms with Crippen molar-refractivity contribution in [1.29, 1.82) is 0 Å². The third kappa shape index (κ3) is 2.97. The van der Waals surface area contributed by atoms with Crippen molar-refractivity contribution in [1.82, 2.24) is 14.3 Å². The number of nitrogens with zero attached hydrogens (tertiary/aromatic N) is 2. The summed E-state index contributed by atoms with van der Waals surface area (Å²) >= 11 is 0. The molecule has 2 aliphatic heterocycles. The number of carbonyl (C=O) groups is 1. The Morgan fingerprint density at radius 2 is 2.09 bits per heavy atom. The Hall–Kier alpha value is -1.55. The van der Waals surface area contributed by atoms with Gasteiger partial charge in [-0.2, -0.15) is 17.2 Å². The van der Waals surface area contributed by atoms with Crippen LogP contribution in [0.2, 0.25) is 0 Å². The summed E-state index contributed by atoms with van der Waals surface area (Å²) in [4.78, 5) is 15.8. The van der Waals surface area contributed by atoms with Crippen LogP contribution in [0.4, 0.5) is 8.78 Å². The van der Waals surface area contributed by atoms with Gasteiger partial charge < -0.3 is 9.30 Å². The van der Waals surface area contributed by atoms with Gasteiger partial charge in [0.2, 0.25) is 0 Å². The van der Waals surface area contributed by atoms with E-state index in [0.29, 0.717) is 18.8 Å². The van der Waals surface area contributed by atoms with Gasteiger partial charge >= 0.3 is 11.8 Å². The summed E-state index contributed by atoms with van der Waals surface area (Å²) in [6, 6.07) is 0. The molecule has 3 heterocycles. The van der Waals surface area contributed by atoms with Crippen LogP contribution in [-0.4, -0.2) is 43.0 Å². The molecular weight excluding hydrogens is 332 g/mol. The Labute approximate surface area is 132 Å². The van der Waals surface area contributed by atoms with Crippen molar-refractivity contribution < 1.29 is 26.7 Å². The van der Waals surface area contributed by atoms with Crippen LogP contribution in [0.5, 0.6) is 0 Å². The van der Waals surface area contributed by atoms with Crippen molar-refractivity contribution in [3.05, 3.63) is 12.0 Å². The maximum absolute atomic E-state index is 14.2. The largest absolute Gasteiger partial charge is 0.381 e. The van der Waals surface area contributed by atoms with Crippen molar-refractivity contribution in [3.8, 4) is 0 Å². The molecule has 0 bridgehead atoms. The first kappa shape index (κ1) is 16.3. The number of hydrogen-bond donors (Lipinski definition) is 1. The van der Waals surface area contributed by atoms with Gasteiger partial charge in [-0.1, -0.05) is 0 Å². The van der Waals surface area contributed by atoms with Gasteiger partial charge in [0.15, 0.2) is 5.03 Å². The summed E-state index contributed by atoms with van der Waals surface area (Å²) in [5, 5.41) is -0.249. The van der Waals surface area contributed by atoms with E-state index in [1.165, 1.54) is 9.29 Å². The van der Waals surface area contributed by atoms with Gasteiger partial charge in [-0.15, -0.1) is 0 Å². The predicted molar refractivity (Wildman–Crippen MR) is 74.4 cm³/mol. The fraction of sp³-hybridized carbons (Fsp3) is 0.692. The topological polar surface area (TPSA) is 90.3 Å². The Bertz CT molecular complexity index is 711. The minimum Gasteiger partial charge on any atom is -0.381 e. The highest BCUT2D eigenvalue weighted by Gasteiger charge is 2.49. The fourth-order valence-corrected chi connectivity index (χ4v) is 4.10. The number of aromatic nitrogens is 2. The average molecular weight is 349 g/mol. The van der Waals surface area contributed by atoms with E-state index in [1.54, 1.807) is 0 Å². The first-order valence-corrected chi connectivity index (χ1v) is 8.88. The molecule has 0 unspecified atom stereocenters. The molecule has 1 aromatic rings. The maximum atomic E-state index is 14.2. The van der Waals surface area contributed by atoms with E-state index in [1.807, 2.05) is 0 Å². The van der Waals surface area contributed by atoms with E-state index in [0.717, 1.165) is 12.6 Å². The lowest BCUT2D eigenvalue weighted by atomic mass is 9.92. The van der Waals surface area contributed by atoms with Gasteiger partial charge in [0.05, 0.1) is 6.20 Å². The second-order valence-corrected chi connectivity index (χ2v) is 7.34. The Kier molecular flexibility index (Phi) is 4.13. The number of carbonyl (C=O) groups excluding carboxylic acids is 1. The Morgan fingerprint density at radius 3 is 2.78 bits per heavy atom. The summed E-state index contributed by atoms with van der Waals surface area (Å²) in [5.41, 5.74) is 0. The van der Waals surface area contributed by atoms with Crippen molar-refractivity contribution in [2.24, 2.45) is 5.92 Å². The minimum atomic E-state index is -4.37. The van der Waals surface area contributed by atoms with Crippen LogP contribution in [0.3, 0.4) is 0 Å². The molecule has 128 valence electrons. The number of aryl methyl sites for hydroxylation is 1. The number of rotatable bonds is 4. The molecule has 23 heavy (non-hydrogen) atoms. The molecule has 1 amide bonds. The summed E-state index contributed by atoms with van der Waals surface area (Å²) in [6.45, 7) is 0.711. The maximum Gasteiger partial charge on any atom is 0.328 e. The van der Waals surface area contributed by atoms with Crippen LogP contribution in [0.1, 0.15) is 25.1 Å². The van der Waals surface area contributed by atoms with Crippen LogP contribution < -0.4 is 4.72 Å². The second-order valence-electron chi connectivity index (χ2n) is 5.71. The molecule has 1 saturated heterocycles. The Morgan fingerprint density at radius 1 is 1.39 bits per heavy atom. The van der Waals surface area contributed by atoms with Gasteiger partial charge in [0, 0.05) is 32.1 Å². The van der Waals surface area contributed by atoms with Crippen LogP contribution >= 0.6 is 0 Å². The quantitative estimate of drug-likeness (QED) is 0.864. The zero-order chi connectivity index (χ0) is 16.7. The van der Waals surface area contributed by atoms with Crippen LogP contribution in [-0.2, 0) is 32.5 Å². The average Bonchev–Trinajstić information content (AvgIpc) is 3.10. The minimum absolute atomic E-state index is 0.0164. The van der Waals surface area contributed by atoms with Crippen molar-refractivity contribution >= 4 is 15.9 Å². The number of hydrogen-bond acceptors (Lipinski definition) is 5. The van der Waals surface area contributed by atoms with E-state index in [2.05, 4.69) is 4.98 Å². The molecule has 0 atom stereocenters. The van der Waals surface area contributed by atoms with Crippen molar-refractivity contribution in [2.45, 2.75) is 43.2 Å². The molecule has 3 rings (SSSR count). The number of ether oxygens (including phenoxy) is 1. The molecular formula is C13H17F2N3O4S. The summed E-state index contributed by atoms with van der Waals surface area (Å²) < 4.78 is 60.8. The van der Waals surface area contributed by atoms with Crippen LogP contribution in [0.25, 0.3) is 0 Å². The molecule has 0 saturated carbocycles. The van der Waals surface area contributed by atoms with Crippen LogP contribution in [0, 0.1) is 5.92 Å². The molecule has 1 N–H and O–H groups in total. The number of alkyl halides is 2. The third-order valence-electron chi connectivity index (χ3n) is 4.22. The first-order valence-electron chi connectivity index (χ1n) is 7.39. The van der Waals surface area contributed by atoms with Gasteiger partial charge in [-0.05, 0) is 19.3 Å². The van der Waals surface area contributed by atoms with E-state index in [-0.39, 0.29) is 31.1 Å². The predicted octanol–water partition coefficient (Wildman–Crippen LogP) is 0.696. The van der Waals surface area contributed by atoms with Gasteiger partial charge in [0.25, 0.3) is 10.0 Å². The highest BCUT2D eigenvalue weighted by Crippen LogP contribution is 2.33. The fourth-order valence-electron chi connectivity index (χ4n) is 2.93. The van der Waals surface area contributed by atoms with Gasteiger partial charge in [-0.3, -0.25) is 4.79 Å². The zero-order valence-corrected chi connectivity index (χ0v) is 13.1. The summed E-state index contributed by atoms with van der Waals surface area (Å²) in [5.74, 6) is -6.19. The number of nitrogens with one attached hydrogen (secondary N) is 1. The molecule has 1 aromatic heterocycles. The van der Waals surface area contributed by atoms with Crippen LogP contribution in [0.15, 0.2) is 11.2 Å². The summed E-state index contributed by atoms with van der Waals surface area (Å²) in [6.07, 6.45) is 2.49. The Balaban J connectivity index is 1.78. The number of sulfonamides is 1. The standard InChI is InChI=1S/C13H17F2N3O4S/c14-13(15,9-3-6-22-7-4-9)12(19)17-23(20,21)11-8-16-10-2-1-5-18(10)11/h8-9H,1-7H2,(H,17,19). The normalized spacial score (nSPS) is 19.6. The van der Waals surface area contributed by atoms with Crippen molar-refractivity contribution in [2.75, 3.05) is 13.2 Å². The van der Waals surface area contributed by atoms with E-state index < -0.39 is 27.8 Å². The molecule has 0 radical (unpaired) electrons. The lowest BCUT2D eigenvalue weighted by molar-refractivity contribution is -0.157. The van der Waals surface area contributed by atoms with Crippen molar-refractivity contribution in [3.63, 3.8) is 0 Å². The molecule has 7 nitrogen and oxygen atoms in total. The smallest absolute Gasteiger partial charge is 0.328 e. The number of fused-ring (bicyclic) bond motifs is 1. The molecule has 0 aromatic carbocycles. The highest BCUT2D eigenvalue weighted by atomic mass is 32.2. The zero-order valence-electron chi connectivity index (χ0n) is 12.3. The summed E-state index contributed by atoms with van der Waals surface area (Å²) in [7, 11) is -4.37. The monoisotopic (exact) mass is 349 g/mol. The van der Waals surface area contributed by atoms with E-state index in [4.69, 9.17) is 4.74 Å². The SMILES string of the molecule is O=C(NS(=O)(=O)c1cnc2n1CCC2)C(F)(F)C1CCOCC1. The lowest BCUT2D eigenvalue weighted by Crippen LogP contribution is -2.49. The molecule has 10 heteroatoms. The van der Waals surface area contributed by atoms with E-state index in [9.17, 15) is 22.0 Å². The number of imidazole rings is 1. The second kappa shape index (κ2) is 5.82. The molecule has 1 fully saturated rings. The van der Waals surface area contributed by atoms with Gasteiger partial charge in [-0.25, -0.2) is 9.71 Å². The number of amides is 1.